The molecule has 12 rings (SSSR count). The third-order valence-corrected chi connectivity index (χ3v) is 17.7. The SMILES string of the molecule is CO.COC(=O)/C(F)=C/c1ccc(CN2CCC[C@@H]2Cc2c[nH]c3ccccc23)cc1.COC(=O)/C=C/c1ccc(CN2CCC[C@@H]2Cc2c[nH]c3ccccc23)cc1.COC(=O)C(F)C(=O)OC.O=C(NO)/C(F)=C/c1ccc(CN2CCC[C@@H]2Cc2c[nH]c3ccccc23)cc1. The fraction of sp³-hybridized carbons (Fsp3) is 0.312. The molecule has 98 heavy (non-hydrogen) atoms. The number of benzene rings is 6. The van der Waals surface area contributed by atoms with Gasteiger partial charge in [0, 0.05) is 102 Å². The van der Waals surface area contributed by atoms with Crippen molar-refractivity contribution in [2.24, 2.45) is 0 Å². The Kier molecular flexibility index (Phi) is 28.3. The highest BCUT2D eigenvalue weighted by atomic mass is 19.1. The predicted octanol–water partition coefficient (Wildman–Crippen LogP) is 12.9. The summed E-state index contributed by atoms with van der Waals surface area (Å²) in [6, 6.07) is 50.5. The van der Waals surface area contributed by atoms with Gasteiger partial charge in [0.1, 0.15) is 0 Å². The zero-order valence-corrected chi connectivity index (χ0v) is 55.9. The number of rotatable bonds is 20. The van der Waals surface area contributed by atoms with Crippen molar-refractivity contribution in [3.8, 4) is 0 Å². The van der Waals surface area contributed by atoms with E-state index in [1.54, 1.807) is 18.2 Å². The number of methoxy groups -OCH3 is 4. The van der Waals surface area contributed by atoms with Crippen LogP contribution in [0.25, 0.3) is 50.9 Å². The lowest BCUT2D eigenvalue weighted by molar-refractivity contribution is -0.160. The first-order valence-corrected chi connectivity index (χ1v) is 32.6. The number of carbonyl (C=O) groups is 5. The zero-order valence-electron chi connectivity index (χ0n) is 55.9. The molecule has 0 unspecified atom stereocenters. The van der Waals surface area contributed by atoms with Crippen molar-refractivity contribution in [1.82, 2.24) is 35.1 Å². The van der Waals surface area contributed by atoms with Crippen molar-refractivity contribution >= 4 is 80.7 Å². The number of hydrogen-bond acceptors (Lipinski definition) is 14. The number of nitrogens with zero attached hydrogens (tertiary/aromatic N) is 3. The van der Waals surface area contributed by atoms with E-state index in [1.807, 2.05) is 42.5 Å². The van der Waals surface area contributed by atoms with Crippen LogP contribution in [-0.4, -0.2) is 149 Å². The van der Waals surface area contributed by atoms with Crippen LogP contribution in [0.3, 0.4) is 0 Å². The number of esters is 4. The molecule has 3 atom stereocenters. The Morgan fingerprint density at radius 2 is 0.847 bits per heavy atom. The van der Waals surface area contributed by atoms with E-state index in [4.69, 9.17) is 10.3 Å². The number of amides is 1. The molecule has 516 valence electrons. The van der Waals surface area contributed by atoms with Crippen LogP contribution in [0.4, 0.5) is 13.2 Å². The van der Waals surface area contributed by atoms with Gasteiger partial charge in [0.25, 0.3) is 6.17 Å². The highest BCUT2D eigenvalue weighted by Crippen LogP contribution is 2.31. The van der Waals surface area contributed by atoms with E-state index in [0.29, 0.717) is 29.3 Å². The maximum atomic E-state index is 13.6. The van der Waals surface area contributed by atoms with Crippen LogP contribution in [0.1, 0.15) is 88.6 Å². The van der Waals surface area contributed by atoms with Gasteiger partial charge in [-0.1, -0.05) is 127 Å². The number of carbonyl (C=O) groups excluding carboxylic acids is 5. The van der Waals surface area contributed by atoms with Crippen LogP contribution in [0.2, 0.25) is 0 Å². The van der Waals surface area contributed by atoms with Gasteiger partial charge >= 0.3 is 29.8 Å². The third-order valence-electron chi connectivity index (χ3n) is 17.7. The average molecular weight is 1340 g/mol. The third kappa shape index (κ3) is 20.8. The molecule has 21 heteroatoms. The van der Waals surface area contributed by atoms with Crippen molar-refractivity contribution in [2.45, 2.75) is 102 Å². The molecule has 1 amide bonds. The van der Waals surface area contributed by atoms with Gasteiger partial charge in [0.2, 0.25) is 5.83 Å². The summed E-state index contributed by atoms with van der Waals surface area (Å²) in [5.74, 6) is -6.84. The summed E-state index contributed by atoms with van der Waals surface area (Å²) >= 11 is 0. The van der Waals surface area contributed by atoms with Crippen LogP contribution in [-0.2, 0) is 81.8 Å². The van der Waals surface area contributed by atoms with Crippen molar-refractivity contribution in [2.75, 3.05) is 55.2 Å². The molecule has 6 N–H and O–H groups in total. The number of fused-ring (bicyclic) bond motifs is 3. The summed E-state index contributed by atoms with van der Waals surface area (Å²) in [6.07, 6.45) is 20.1. The normalized spacial score (nSPS) is 16.5. The number of aliphatic hydroxyl groups excluding tert-OH is 1. The fourth-order valence-electron chi connectivity index (χ4n) is 12.6. The molecule has 18 nitrogen and oxygen atoms in total. The molecule has 9 aromatic rings. The standard InChI is InChI=1S/C24H25FN2O2.C24H26N2O2.C23H24FN3O2.C5H7FO4.CH4O/c1-29-24(28)22(25)13-17-8-10-18(11-9-17)16-27-12-4-5-20(27)14-19-15-26-23-7-3-2-6-21(19)23;1-28-24(27)13-12-18-8-10-19(11-9-18)17-26-14-4-5-21(26)15-20-16-25-23-7-3-2-6-22(20)23;24-21(23(28)26-29)12-16-7-9-17(10-8-16)15-27-11-3-4-19(27)13-18-14-25-22-6-2-1-5-20(18)22;1-9-4(7)3(6)5(8)10-2;1-2/h2-3,6-11,13,15,20,26H,4-5,12,14,16H2,1H3;2-3,6-13,16,21,25H,4-5,14-15,17H2,1H3;1-2,5-10,12,14,19,25,29H,3-4,11,13,15H2,(H,26,28);3H,1-2H3;2H,1H3/b22-13-;13-12+;21-12-;;/t20-;21-;19-;;/m111../s1. The topological polar surface area (TPSA) is 232 Å². The quantitative estimate of drug-likeness (QED) is 0.0104. The van der Waals surface area contributed by atoms with Crippen molar-refractivity contribution < 1.29 is 66.4 Å². The molecule has 0 spiro atoms. The Labute approximate surface area is 568 Å². The molecule has 3 aliphatic heterocycles. The van der Waals surface area contributed by atoms with Gasteiger partial charge in [-0.05, 0) is 164 Å². The van der Waals surface area contributed by atoms with E-state index in [0.717, 1.165) is 97.1 Å². The maximum Gasteiger partial charge on any atom is 0.366 e. The number of aliphatic hydroxyl groups is 1. The van der Waals surface area contributed by atoms with Crippen LogP contribution in [0.15, 0.2) is 182 Å². The first kappa shape index (κ1) is 73.9. The Bertz CT molecular complexity index is 3960. The summed E-state index contributed by atoms with van der Waals surface area (Å²) < 4.78 is 56.3. The number of likely N-dealkylation sites (tertiary alicyclic amines) is 3. The van der Waals surface area contributed by atoms with Gasteiger partial charge in [-0.2, -0.15) is 4.39 Å². The number of hydroxylamine groups is 1. The largest absolute Gasteiger partial charge is 0.466 e. The average Bonchev–Trinajstić information content (AvgIpc) is 1.68. The number of H-pyrrole nitrogens is 3. The number of aromatic amines is 3. The first-order chi connectivity index (χ1) is 47.6. The van der Waals surface area contributed by atoms with Gasteiger partial charge in [-0.25, -0.2) is 33.4 Å². The molecule has 3 fully saturated rings. The summed E-state index contributed by atoms with van der Waals surface area (Å²) in [5.41, 5.74) is 14.9. The number of aromatic nitrogens is 3. The van der Waals surface area contributed by atoms with E-state index in [9.17, 15) is 37.1 Å². The van der Waals surface area contributed by atoms with Gasteiger partial charge < -0.3 is 39.0 Å². The Morgan fingerprint density at radius 3 is 1.18 bits per heavy atom. The molecule has 0 aliphatic carbocycles. The predicted molar refractivity (Wildman–Crippen MR) is 374 cm³/mol. The summed E-state index contributed by atoms with van der Waals surface area (Å²) in [6.45, 7) is 5.99. The Balaban J connectivity index is 0.000000173. The van der Waals surface area contributed by atoms with Crippen LogP contribution < -0.4 is 5.48 Å². The van der Waals surface area contributed by atoms with E-state index < -0.39 is 41.6 Å². The molecule has 3 aliphatic rings. The Morgan fingerprint density at radius 1 is 0.500 bits per heavy atom. The van der Waals surface area contributed by atoms with Gasteiger partial charge in [-0.15, -0.1) is 0 Å². The van der Waals surface area contributed by atoms with Crippen molar-refractivity contribution in [3.63, 3.8) is 0 Å². The number of ether oxygens (including phenoxy) is 4. The number of halogens is 3. The van der Waals surface area contributed by atoms with Crippen LogP contribution >= 0.6 is 0 Å². The van der Waals surface area contributed by atoms with Crippen molar-refractivity contribution in [1.29, 1.82) is 0 Å². The van der Waals surface area contributed by atoms with Crippen LogP contribution in [0.5, 0.6) is 0 Å². The lowest BCUT2D eigenvalue weighted by Gasteiger charge is -2.24. The molecule has 0 bridgehead atoms. The van der Waals surface area contributed by atoms with E-state index in [-0.39, 0.29) is 5.97 Å². The second kappa shape index (κ2) is 37.6. The molecule has 0 saturated carbocycles. The maximum absolute atomic E-state index is 13.6. The fourth-order valence-corrected chi connectivity index (χ4v) is 12.6. The van der Waals surface area contributed by atoms with Crippen molar-refractivity contribution in [3.05, 3.63) is 232 Å². The van der Waals surface area contributed by atoms with Gasteiger partial charge in [0.05, 0.1) is 28.4 Å². The molecule has 0 radical (unpaired) electrons. The minimum atomic E-state index is -2.32. The van der Waals surface area contributed by atoms with Crippen LogP contribution in [0, 0.1) is 0 Å². The smallest absolute Gasteiger partial charge is 0.366 e. The minimum Gasteiger partial charge on any atom is -0.466 e. The summed E-state index contributed by atoms with van der Waals surface area (Å²) in [7, 11) is 5.52. The second-order valence-corrected chi connectivity index (χ2v) is 23.9. The van der Waals surface area contributed by atoms with Gasteiger partial charge in [0.15, 0.2) is 5.83 Å². The number of para-hydroxylation sites is 3. The lowest BCUT2D eigenvalue weighted by Crippen LogP contribution is -2.30. The molecule has 3 saturated heterocycles. The lowest BCUT2D eigenvalue weighted by atomic mass is 10.0. The van der Waals surface area contributed by atoms with E-state index in [1.165, 1.54) is 131 Å². The molecule has 3 aromatic heterocycles. The minimum absolute atomic E-state index is 0.332. The highest BCUT2D eigenvalue weighted by molar-refractivity contribution is 5.98. The molecule has 6 heterocycles. The Hall–Kier alpha value is -9.90. The first-order valence-electron chi connectivity index (χ1n) is 32.6. The molecular formula is C77H86F3N7O11. The number of alkyl halides is 1. The highest BCUT2D eigenvalue weighted by Gasteiger charge is 2.30. The summed E-state index contributed by atoms with van der Waals surface area (Å²) in [5, 5.41) is 19.4. The molecular weight excluding hydrogens is 1260 g/mol. The second-order valence-electron chi connectivity index (χ2n) is 23.9. The van der Waals surface area contributed by atoms with Gasteiger partial charge in [-0.3, -0.25) is 24.7 Å². The number of hydrogen-bond donors (Lipinski definition) is 6. The summed E-state index contributed by atoms with van der Waals surface area (Å²) in [4.78, 5) is 71.6. The molecule has 6 aromatic carbocycles. The monoisotopic (exact) mass is 1340 g/mol. The zero-order chi connectivity index (χ0) is 69.9. The number of nitrogens with one attached hydrogen (secondary N) is 4. The van der Waals surface area contributed by atoms with E-state index >= 15 is 0 Å². The van der Waals surface area contributed by atoms with E-state index in [2.05, 4.69) is 158 Å².